The van der Waals surface area contributed by atoms with Crippen LogP contribution in [-0.2, 0) is 22.4 Å². The number of benzene rings is 1. The summed E-state index contributed by atoms with van der Waals surface area (Å²) in [5.41, 5.74) is 2.75. The number of piperazine rings is 1. The van der Waals surface area contributed by atoms with Gasteiger partial charge in [-0.15, -0.1) is 0 Å². The number of hydrogen-bond acceptors (Lipinski definition) is 4. The summed E-state index contributed by atoms with van der Waals surface area (Å²) < 4.78 is 0. The third kappa shape index (κ3) is 4.55. The van der Waals surface area contributed by atoms with Crippen molar-refractivity contribution in [1.82, 2.24) is 15.5 Å². The van der Waals surface area contributed by atoms with Crippen LogP contribution in [0, 0.1) is 0 Å². The quantitative estimate of drug-likeness (QED) is 0.717. The van der Waals surface area contributed by atoms with Crippen molar-refractivity contribution in [2.45, 2.75) is 37.8 Å². The van der Waals surface area contributed by atoms with Crippen LogP contribution in [0.1, 0.15) is 24.0 Å². The lowest BCUT2D eigenvalue weighted by molar-refractivity contribution is -0.135. The van der Waals surface area contributed by atoms with Crippen LogP contribution in [-0.4, -0.2) is 60.4 Å². The van der Waals surface area contributed by atoms with Gasteiger partial charge in [0.25, 0.3) is 0 Å². The summed E-state index contributed by atoms with van der Waals surface area (Å²) >= 11 is 1.78. The fourth-order valence-corrected chi connectivity index (χ4v) is 4.27. The summed E-state index contributed by atoms with van der Waals surface area (Å²) in [6.45, 7) is 2.16. The second-order valence-corrected chi connectivity index (χ2v) is 7.76. The van der Waals surface area contributed by atoms with E-state index in [1.165, 1.54) is 11.1 Å². The van der Waals surface area contributed by atoms with Crippen molar-refractivity contribution in [3.05, 3.63) is 35.4 Å². The lowest BCUT2D eigenvalue weighted by Gasteiger charge is -2.38. The molecule has 1 fully saturated rings. The van der Waals surface area contributed by atoms with Crippen molar-refractivity contribution in [3.8, 4) is 0 Å². The molecule has 0 saturated carbocycles. The summed E-state index contributed by atoms with van der Waals surface area (Å²) in [6, 6.07) is 8.46. The number of nitrogens with zero attached hydrogens (tertiary/aromatic N) is 1. The SMILES string of the molecule is CSCCCNC(=O)C[C@@H]1C(=O)NCCN1C1Cc2ccccc2C1. The minimum Gasteiger partial charge on any atom is -0.356 e. The van der Waals surface area contributed by atoms with E-state index in [4.69, 9.17) is 0 Å². The van der Waals surface area contributed by atoms with Gasteiger partial charge in [0, 0.05) is 25.7 Å². The van der Waals surface area contributed by atoms with Crippen molar-refractivity contribution >= 4 is 23.6 Å². The Kier molecular flexibility index (Phi) is 6.37. The van der Waals surface area contributed by atoms with E-state index in [1.807, 2.05) is 0 Å². The van der Waals surface area contributed by atoms with Crippen molar-refractivity contribution in [1.29, 1.82) is 0 Å². The minimum absolute atomic E-state index is 0.0125. The van der Waals surface area contributed by atoms with Gasteiger partial charge in [-0.1, -0.05) is 24.3 Å². The molecule has 1 aliphatic carbocycles. The fraction of sp³-hybridized carbons (Fsp3) is 0.579. The molecule has 1 atom stereocenters. The molecule has 2 amide bonds. The van der Waals surface area contributed by atoms with E-state index in [2.05, 4.69) is 46.1 Å². The van der Waals surface area contributed by atoms with Crippen LogP contribution in [0.5, 0.6) is 0 Å². The number of fused-ring (bicyclic) bond motifs is 1. The zero-order valence-electron chi connectivity index (χ0n) is 14.8. The van der Waals surface area contributed by atoms with Gasteiger partial charge in [0.15, 0.2) is 0 Å². The molecule has 0 bridgehead atoms. The van der Waals surface area contributed by atoms with Crippen LogP contribution < -0.4 is 10.6 Å². The first-order valence-corrected chi connectivity index (χ1v) is 10.4. The van der Waals surface area contributed by atoms with E-state index >= 15 is 0 Å². The van der Waals surface area contributed by atoms with Crippen LogP contribution in [0.4, 0.5) is 0 Å². The van der Waals surface area contributed by atoms with Crippen LogP contribution in [0.2, 0.25) is 0 Å². The van der Waals surface area contributed by atoms with Gasteiger partial charge in [-0.25, -0.2) is 0 Å². The average Bonchev–Trinajstić information content (AvgIpc) is 3.04. The topological polar surface area (TPSA) is 61.4 Å². The molecule has 1 saturated heterocycles. The number of carbonyl (C=O) groups excluding carboxylic acids is 2. The number of amides is 2. The predicted molar refractivity (Wildman–Crippen MR) is 102 cm³/mol. The number of nitrogens with one attached hydrogen (secondary N) is 2. The zero-order chi connectivity index (χ0) is 17.6. The number of thioether (sulfide) groups is 1. The second-order valence-electron chi connectivity index (χ2n) is 6.78. The maximum atomic E-state index is 12.4. The highest BCUT2D eigenvalue weighted by Gasteiger charge is 2.37. The summed E-state index contributed by atoms with van der Waals surface area (Å²) in [6.07, 6.45) is 5.21. The standard InChI is InChI=1S/C19H27N3O2S/c1-25-10-4-7-20-18(23)13-17-19(24)21-8-9-22(17)16-11-14-5-2-3-6-15(14)12-16/h2-3,5-6,16-17H,4,7-13H2,1H3,(H,20,23)(H,21,24)/t17-/m1/s1. The normalized spacial score (nSPS) is 21.0. The van der Waals surface area contributed by atoms with Crippen LogP contribution >= 0.6 is 11.8 Å². The monoisotopic (exact) mass is 361 g/mol. The zero-order valence-corrected chi connectivity index (χ0v) is 15.6. The Morgan fingerprint density at radius 1 is 1.32 bits per heavy atom. The average molecular weight is 362 g/mol. The molecule has 1 aromatic rings. The Bertz CT molecular complexity index is 597. The molecule has 1 aliphatic heterocycles. The van der Waals surface area contributed by atoms with Gasteiger partial charge < -0.3 is 10.6 Å². The lowest BCUT2D eigenvalue weighted by atomic mass is 10.0. The van der Waals surface area contributed by atoms with Crippen LogP contribution in [0.3, 0.4) is 0 Å². The van der Waals surface area contributed by atoms with Gasteiger partial charge in [0.1, 0.15) is 0 Å². The van der Waals surface area contributed by atoms with E-state index in [0.29, 0.717) is 19.1 Å². The van der Waals surface area contributed by atoms with E-state index in [1.54, 1.807) is 11.8 Å². The van der Waals surface area contributed by atoms with Gasteiger partial charge in [0.2, 0.25) is 11.8 Å². The summed E-state index contributed by atoms with van der Waals surface area (Å²) in [4.78, 5) is 26.9. The molecule has 1 aromatic carbocycles. The van der Waals surface area contributed by atoms with Crippen molar-refractivity contribution in [3.63, 3.8) is 0 Å². The first kappa shape index (κ1) is 18.3. The second kappa shape index (κ2) is 8.72. The molecule has 2 N–H and O–H groups in total. The molecule has 136 valence electrons. The number of rotatable bonds is 7. The van der Waals surface area contributed by atoms with Gasteiger partial charge in [-0.3, -0.25) is 14.5 Å². The largest absolute Gasteiger partial charge is 0.356 e. The van der Waals surface area contributed by atoms with Gasteiger partial charge >= 0.3 is 0 Å². The van der Waals surface area contributed by atoms with E-state index < -0.39 is 0 Å². The van der Waals surface area contributed by atoms with Crippen molar-refractivity contribution in [2.24, 2.45) is 0 Å². The van der Waals surface area contributed by atoms with Crippen LogP contribution in [0.25, 0.3) is 0 Å². The van der Waals surface area contributed by atoms with Gasteiger partial charge in [-0.2, -0.15) is 11.8 Å². The molecule has 25 heavy (non-hydrogen) atoms. The molecular formula is C19H27N3O2S. The molecule has 1 heterocycles. The van der Waals surface area contributed by atoms with Crippen LogP contribution in [0.15, 0.2) is 24.3 Å². The highest BCUT2D eigenvalue weighted by atomic mass is 32.2. The molecule has 2 aliphatic rings. The maximum Gasteiger partial charge on any atom is 0.237 e. The first-order valence-electron chi connectivity index (χ1n) is 9.05. The highest BCUT2D eigenvalue weighted by molar-refractivity contribution is 7.98. The Balaban J connectivity index is 1.60. The van der Waals surface area contributed by atoms with Gasteiger partial charge in [0.05, 0.1) is 12.5 Å². The Morgan fingerprint density at radius 2 is 2.04 bits per heavy atom. The molecule has 6 heteroatoms. The molecule has 3 rings (SSSR count). The first-order chi connectivity index (χ1) is 12.2. The van der Waals surface area contributed by atoms with E-state index in [-0.39, 0.29) is 24.3 Å². The third-order valence-corrected chi connectivity index (χ3v) is 5.79. The molecule has 5 nitrogen and oxygen atoms in total. The lowest BCUT2D eigenvalue weighted by Crippen LogP contribution is -2.59. The molecule has 0 radical (unpaired) electrons. The fourth-order valence-electron chi connectivity index (χ4n) is 3.84. The van der Waals surface area contributed by atoms with Gasteiger partial charge in [-0.05, 0) is 42.4 Å². The molecular weight excluding hydrogens is 334 g/mol. The molecule has 0 unspecified atom stereocenters. The van der Waals surface area contributed by atoms with Crippen molar-refractivity contribution < 1.29 is 9.59 Å². The maximum absolute atomic E-state index is 12.4. The third-order valence-electron chi connectivity index (χ3n) is 5.10. The molecule has 0 aromatic heterocycles. The Labute approximate surface area is 153 Å². The highest BCUT2D eigenvalue weighted by Crippen LogP contribution is 2.28. The number of carbonyl (C=O) groups is 2. The van der Waals surface area contributed by atoms with Crippen molar-refractivity contribution in [2.75, 3.05) is 31.6 Å². The van der Waals surface area contributed by atoms with E-state index in [9.17, 15) is 9.59 Å². The Hall–Kier alpha value is -1.53. The predicted octanol–water partition coefficient (Wildman–Crippen LogP) is 1.21. The summed E-state index contributed by atoms with van der Waals surface area (Å²) in [5.74, 6) is 1.00. The Morgan fingerprint density at radius 3 is 2.72 bits per heavy atom. The smallest absolute Gasteiger partial charge is 0.237 e. The molecule has 0 spiro atoms. The summed E-state index contributed by atoms with van der Waals surface area (Å²) in [5, 5.41) is 5.88. The summed E-state index contributed by atoms with van der Waals surface area (Å²) in [7, 11) is 0. The number of hydrogen-bond donors (Lipinski definition) is 2. The minimum atomic E-state index is -0.353. The van der Waals surface area contributed by atoms with E-state index in [0.717, 1.165) is 31.6 Å².